The average molecular weight is 294 g/mol. The van der Waals surface area contributed by atoms with Gasteiger partial charge in [-0.15, -0.1) is 10.2 Å². The lowest BCUT2D eigenvalue weighted by atomic mass is 10.2. The first-order valence-corrected chi connectivity index (χ1v) is 7.02. The molecule has 0 unspecified atom stereocenters. The minimum atomic E-state index is 0.263. The van der Waals surface area contributed by atoms with Crippen molar-refractivity contribution in [2.24, 2.45) is 0 Å². The van der Waals surface area contributed by atoms with Crippen molar-refractivity contribution in [3.63, 3.8) is 0 Å². The normalized spacial score (nSPS) is 14.5. The molecule has 0 saturated heterocycles. The highest BCUT2D eigenvalue weighted by Gasteiger charge is 2.20. The Hall–Kier alpha value is -1.59. The molecule has 1 heterocycles. The molecule has 20 heavy (non-hydrogen) atoms. The highest BCUT2D eigenvalue weighted by molar-refractivity contribution is 6.30. The number of aromatic nitrogens is 2. The van der Waals surface area contributed by atoms with E-state index in [1.165, 1.54) is 12.8 Å². The summed E-state index contributed by atoms with van der Waals surface area (Å²) in [4.78, 5) is 0. The first kappa shape index (κ1) is 13.4. The van der Waals surface area contributed by atoms with Crippen LogP contribution in [-0.2, 0) is 13.2 Å². The first-order valence-electron chi connectivity index (χ1n) is 6.64. The second kappa shape index (κ2) is 5.81. The molecule has 2 aromatic rings. The van der Waals surface area contributed by atoms with E-state index < -0.39 is 0 Å². The van der Waals surface area contributed by atoms with Gasteiger partial charge in [-0.1, -0.05) is 11.6 Å². The highest BCUT2D eigenvalue weighted by atomic mass is 35.5. The predicted octanol–water partition coefficient (Wildman–Crippen LogP) is 2.86. The van der Waals surface area contributed by atoms with Gasteiger partial charge in [0.15, 0.2) is 6.61 Å². The van der Waals surface area contributed by atoms with Crippen LogP contribution in [-0.4, -0.2) is 16.2 Å². The van der Waals surface area contributed by atoms with Gasteiger partial charge in [-0.3, -0.25) is 0 Å². The lowest BCUT2D eigenvalue weighted by Gasteiger charge is -2.11. The maximum Gasteiger partial charge on any atom is 0.253 e. The zero-order chi connectivity index (χ0) is 13.9. The van der Waals surface area contributed by atoms with E-state index in [4.69, 9.17) is 20.8 Å². The Kier molecular flexibility index (Phi) is 3.89. The van der Waals surface area contributed by atoms with Crippen LogP contribution in [0.5, 0.6) is 5.75 Å². The Labute approximate surface area is 122 Å². The summed E-state index contributed by atoms with van der Waals surface area (Å²) in [5, 5.41) is 11.8. The third-order valence-corrected chi connectivity index (χ3v) is 3.34. The van der Waals surface area contributed by atoms with Gasteiger partial charge in [0, 0.05) is 30.1 Å². The van der Waals surface area contributed by atoms with E-state index in [1.54, 1.807) is 6.92 Å². The number of aryl methyl sites for hydroxylation is 1. The highest BCUT2D eigenvalue weighted by Crippen LogP contribution is 2.26. The minimum Gasteiger partial charge on any atom is -0.483 e. The number of nitrogens with zero attached hydrogens (tertiary/aromatic N) is 2. The van der Waals surface area contributed by atoms with E-state index in [0.29, 0.717) is 22.8 Å². The number of hydrogen-bond donors (Lipinski definition) is 1. The van der Waals surface area contributed by atoms with Crippen LogP contribution in [0.2, 0.25) is 5.02 Å². The number of ether oxygens (including phenoxy) is 1. The third kappa shape index (κ3) is 3.49. The first-order chi connectivity index (χ1) is 9.70. The fraction of sp³-hybridized carbons (Fsp3) is 0.429. The van der Waals surface area contributed by atoms with Gasteiger partial charge in [0.05, 0.1) is 0 Å². The smallest absolute Gasteiger partial charge is 0.253 e. The standard InChI is InChI=1S/C14H16ClN3O2/c1-9-17-18-14(20-9)8-19-13-5-2-11(15)6-10(13)7-16-12-3-4-12/h2,5-6,12,16H,3-4,7-8H2,1H3. The lowest BCUT2D eigenvalue weighted by Crippen LogP contribution is -2.16. The number of halogens is 1. The van der Waals surface area contributed by atoms with Gasteiger partial charge in [-0.2, -0.15) is 0 Å². The molecular weight excluding hydrogens is 278 g/mol. The van der Waals surface area contributed by atoms with Gasteiger partial charge in [0.25, 0.3) is 5.89 Å². The van der Waals surface area contributed by atoms with E-state index in [1.807, 2.05) is 18.2 Å². The van der Waals surface area contributed by atoms with Crippen LogP contribution in [0.1, 0.15) is 30.2 Å². The van der Waals surface area contributed by atoms with Gasteiger partial charge in [-0.25, -0.2) is 0 Å². The van der Waals surface area contributed by atoms with Crippen molar-refractivity contribution in [2.75, 3.05) is 0 Å². The summed E-state index contributed by atoms with van der Waals surface area (Å²) in [6.45, 7) is 2.77. The van der Waals surface area contributed by atoms with Crippen LogP contribution in [0.15, 0.2) is 22.6 Å². The molecule has 0 radical (unpaired) electrons. The van der Waals surface area contributed by atoms with Crippen LogP contribution in [0.25, 0.3) is 0 Å². The summed E-state index contributed by atoms with van der Waals surface area (Å²) < 4.78 is 11.0. The molecule has 1 N–H and O–H groups in total. The summed E-state index contributed by atoms with van der Waals surface area (Å²) in [5.41, 5.74) is 1.04. The van der Waals surface area contributed by atoms with E-state index in [-0.39, 0.29) is 6.61 Å². The Morgan fingerprint density at radius 2 is 2.25 bits per heavy atom. The zero-order valence-electron chi connectivity index (χ0n) is 11.2. The van der Waals surface area contributed by atoms with E-state index in [2.05, 4.69) is 15.5 Å². The van der Waals surface area contributed by atoms with Crippen molar-refractivity contribution >= 4 is 11.6 Å². The third-order valence-electron chi connectivity index (χ3n) is 3.10. The molecule has 0 spiro atoms. The summed E-state index contributed by atoms with van der Waals surface area (Å²) in [6, 6.07) is 6.25. The van der Waals surface area contributed by atoms with Crippen molar-refractivity contribution < 1.29 is 9.15 Å². The maximum absolute atomic E-state index is 6.04. The van der Waals surface area contributed by atoms with Crippen molar-refractivity contribution in [3.8, 4) is 5.75 Å². The van der Waals surface area contributed by atoms with E-state index in [9.17, 15) is 0 Å². The molecular formula is C14H16ClN3O2. The van der Waals surface area contributed by atoms with Gasteiger partial charge in [-0.05, 0) is 31.0 Å². The Bertz CT molecular complexity index is 596. The SMILES string of the molecule is Cc1nnc(COc2ccc(Cl)cc2CNC2CC2)o1. The van der Waals surface area contributed by atoms with Crippen LogP contribution in [0.3, 0.4) is 0 Å². The molecule has 106 valence electrons. The van der Waals surface area contributed by atoms with Crippen molar-refractivity contribution in [3.05, 3.63) is 40.6 Å². The number of hydrogen-bond acceptors (Lipinski definition) is 5. The topological polar surface area (TPSA) is 60.2 Å². The quantitative estimate of drug-likeness (QED) is 0.887. The van der Waals surface area contributed by atoms with E-state index in [0.717, 1.165) is 17.9 Å². The van der Waals surface area contributed by atoms with Crippen molar-refractivity contribution in [1.82, 2.24) is 15.5 Å². The zero-order valence-corrected chi connectivity index (χ0v) is 12.0. The monoisotopic (exact) mass is 293 g/mol. The fourth-order valence-electron chi connectivity index (χ4n) is 1.90. The van der Waals surface area contributed by atoms with Crippen LogP contribution in [0, 0.1) is 6.92 Å². The van der Waals surface area contributed by atoms with Crippen LogP contribution < -0.4 is 10.1 Å². The summed E-state index contributed by atoms with van der Waals surface area (Å²) in [6.07, 6.45) is 2.50. The molecule has 1 fully saturated rings. The van der Waals surface area contributed by atoms with E-state index >= 15 is 0 Å². The molecule has 0 aliphatic heterocycles. The molecule has 1 saturated carbocycles. The number of benzene rings is 1. The van der Waals surface area contributed by atoms with Gasteiger partial charge in [0.1, 0.15) is 5.75 Å². The molecule has 5 nitrogen and oxygen atoms in total. The van der Waals surface area contributed by atoms with Gasteiger partial charge < -0.3 is 14.5 Å². The lowest BCUT2D eigenvalue weighted by molar-refractivity contribution is 0.257. The molecule has 3 rings (SSSR count). The molecule has 0 bridgehead atoms. The number of rotatable bonds is 6. The maximum atomic E-state index is 6.04. The molecule has 0 atom stereocenters. The molecule has 0 amide bonds. The summed E-state index contributed by atoms with van der Waals surface area (Å²) >= 11 is 6.04. The van der Waals surface area contributed by atoms with Crippen molar-refractivity contribution in [1.29, 1.82) is 0 Å². The largest absolute Gasteiger partial charge is 0.483 e. The second-order valence-electron chi connectivity index (χ2n) is 4.91. The van der Waals surface area contributed by atoms with Gasteiger partial charge >= 0.3 is 0 Å². The van der Waals surface area contributed by atoms with Crippen molar-refractivity contribution in [2.45, 2.75) is 39.0 Å². The fourth-order valence-corrected chi connectivity index (χ4v) is 2.10. The summed E-state index contributed by atoms with van der Waals surface area (Å²) in [7, 11) is 0. The Balaban J connectivity index is 1.66. The average Bonchev–Trinajstić information content (AvgIpc) is 3.17. The summed E-state index contributed by atoms with van der Waals surface area (Å²) in [5.74, 6) is 1.80. The van der Waals surface area contributed by atoms with Crippen LogP contribution >= 0.6 is 11.6 Å². The predicted molar refractivity (Wildman–Crippen MR) is 74.7 cm³/mol. The Morgan fingerprint density at radius 1 is 1.40 bits per heavy atom. The second-order valence-corrected chi connectivity index (χ2v) is 5.35. The Morgan fingerprint density at radius 3 is 2.95 bits per heavy atom. The molecule has 1 aliphatic carbocycles. The molecule has 1 aliphatic rings. The molecule has 6 heteroatoms. The van der Waals surface area contributed by atoms with Gasteiger partial charge in [0.2, 0.25) is 5.89 Å². The minimum absolute atomic E-state index is 0.263. The van der Waals surface area contributed by atoms with Crippen LogP contribution in [0.4, 0.5) is 0 Å². The molecule has 1 aromatic carbocycles. The molecule has 1 aromatic heterocycles. The number of nitrogens with one attached hydrogen (secondary N) is 1.